The van der Waals surface area contributed by atoms with Crippen LogP contribution in [0.15, 0.2) is 0 Å². The molecule has 1 aromatic heterocycles. The highest BCUT2D eigenvalue weighted by molar-refractivity contribution is 7.17. The van der Waals surface area contributed by atoms with Gasteiger partial charge in [-0.25, -0.2) is 4.98 Å². The molecular formula is C13H23N3O2S. The molecule has 0 fully saturated rings. The number of carbonyl (C=O) groups excluding carboxylic acids is 1. The molecule has 5 nitrogen and oxygen atoms in total. The number of aryl methyl sites for hydroxylation is 1. The van der Waals surface area contributed by atoms with Crippen molar-refractivity contribution in [2.75, 3.05) is 25.5 Å². The van der Waals surface area contributed by atoms with E-state index in [-0.39, 0.29) is 12.5 Å². The highest BCUT2D eigenvalue weighted by atomic mass is 32.1. The van der Waals surface area contributed by atoms with Gasteiger partial charge in [-0.1, -0.05) is 25.2 Å². The van der Waals surface area contributed by atoms with Gasteiger partial charge in [0, 0.05) is 20.6 Å². The van der Waals surface area contributed by atoms with Crippen molar-refractivity contribution in [3.8, 4) is 0 Å². The van der Waals surface area contributed by atoms with Crippen LogP contribution in [0.1, 0.15) is 35.6 Å². The lowest BCUT2D eigenvalue weighted by Crippen LogP contribution is -2.32. The smallest absolute Gasteiger partial charge is 0.263 e. The SMILES string of the molecule is Cc1nc(N(C)C)sc1C(=O)NCC(O)CC(C)C. The molecule has 1 unspecified atom stereocenters. The minimum Gasteiger partial charge on any atom is -0.391 e. The van der Waals surface area contributed by atoms with E-state index < -0.39 is 6.10 Å². The fraction of sp³-hybridized carbons (Fsp3) is 0.692. The Morgan fingerprint density at radius 3 is 2.58 bits per heavy atom. The minimum absolute atomic E-state index is 0.161. The van der Waals surface area contributed by atoms with Crippen LogP contribution in [0.4, 0.5) is 5.13 Å². The molecule has 0 saturated carbocycles. The zero-order chi connectivity index (χ0) is 14.6. The van der Waals surface area contributed by atoms with Gasteiger partial charge in [0.1, 0.15) is 4.88 Å². The van der Waals surface area contributed by atoms with E-state index in [2.05, 4.69) is 10.3 Å². The summed E-state index contributed by atoms with van der Waals surface area (Å²) in [6, 6.07) is 0. The summed E-state index contributed by atoms with van der Waals surface area (Å²) in [6.07, 6.45) is 0.191. The predicted octanol–water partition coefficient (Wildman–Crippen LogP) is 1.65. The molecule has 2 N–H and O–H groups in total. The van der Waals surface area contributed by atoms with Crippen LogP contribution in [0, 0.1) is 12.8 Å². The number of carbonyl (C=O) groups is 1. The van der Waals surface area contributed by atoms with E-state index in [1.165, 1.54) is 11.3 Å². The van der Waals surface area contributed by atoms with Gasteiger partial charge in [-0.3, -0.25) is 4.79 Å². The van der Waals surface area contributed by atoms with E-state index in [0.717, 1.165) is 10.8 Å². The number of hydrogen-bond donors (Lipinski definition) is 2. The molecule has 0 aliphatic heterocycles. The number of aliphatic hydroxyl groups excluding tert-OH is 1. The summed E-state index contributed by atoms with van der Waals surface area (Å²) in [5, 5.41) is 13.3. The Morgan fingerprint density at radius 1 is 1.47 bits per heavy atom. The Hall–Kier alpha value is -1.14. The first-order valence-electron chi connectivity index (χ1n) is 6.42. The summed E-state index contributed by atoms with van der Waals surface area (Å²) in [5.74, 6) is 0.253. The Labute approximate surface area is 118 Å². The average Bonchev–Trinajstić information content (AvgIpc) is 2.67. The van der Waals surface area contributed by atoms with E-state index in [1.807, 2.05) is 39.8 Å². The molecule has 1 aromatic rings. The average molecular weight is 285 g/mol. The van der Waals surface area contributed by atoms with E-state index in [9.17, 15) is 9.90 Å². The second-order valence-corrected chi connectivity index (χ2v) is 6.28. The highest BCUT2D eigenvalue weighted by Crippen LogP contribution is 2.24. The van der Waals surface area contributed by atoms with Crippen LogP contribution in [0.25, 0.3) is 0 Å². The Bertz CT molecular complexity index is 430. The Morgan fingerprint density at radius 2 is 2.11 bits per heavy atom. The van der Waals surface area contributed by atoms with Crippen LogP contribution in [0.3, 0.4) is 0 Å². The van der Waals surface area contributed by atoms with Gasteiger partial charge in [0.2, 0.25) is 0 Å². The van der Waals surface area contributed by atoms with Crippen LogP contribution < -0.4 is 10.2 Å². The summed E-state index contributed by atoms with van der Waals surface area (Å²) in [7, 11) is 3.79. The third-order valence-corrected chi connectivity index (χ3v) is 3.94. The molecule has 0 radical (unpaired) electrons. The zero-order valence-corrected chi connectivity index (χ0v) is 13.0. The van der Waals surface area contributed by atoms with E-state index in [4.69, 9.17) is 0 Å². The summed E-state index contributed by atoms with van der Waals surface area (Å²) in [5.41, 5.74) is 0.726. The number of anilines is 1. The molecule has 1 atom stereocenters. The number of nitrogens with one attached hydrogen (secondary N) is 1. The quantitative estimate of drug-likeness (QED) is 0.834. The number of nitrogens with zero attached hydrogens (tertiary/aromatic N) is 2. The molecule has 0 bridgehead atoms. The molecular weight excluding hydrogens is 262 g/mol. The number of amides is 1. The van der Waals surface area contributed by atoms with Gasteiger partial charge in [-0.05, 0) is 19.3 Å². The van der Waals surface area contributed by atoms with Crippen LogP contribution >= 0.6 is 11.3 Å². The monoisotopic (exact) mass is 285 g/mol. The van der Waals surface area contributed by atoms with Gasteiger partial charge in [0.15, 0.2) is 5.13 Å². The van der Waals surface area contributed by atoms with Gasteiger partial charge in [-0.15, -0.1) is 0 Å². The molecule has 108 valence electrons. The molecule has 19 heavy (non-hydrogen) atoms. The first-order chi connectivity index (χ1) is 8.81. The highest BCUT2D eigenvalue weighted by Gasteiger charge is 2.17. The largest absolute Gasteiger partial charge is 0.391 e. The second-order valence-electron chi connectivity index (χ2n) is 5.30. The number of rotatable bonds is 6. The van der Waals surface area contributed by atoms with Crippen molar-refractivity contribution in [3.05, 3.63) is 10.6 Å². The van der Waals surface area contributed by atoms with Crippen molar-refractivity contribution in [1.82, 2.24) is 10.3 Å². The Kier molecular flexibility index (Phi) is 5.75. The number of aromatic nitrogens is 1. The van der Waals surface area contributed by atoms with Gasteiger partial charge in [0.05, 0.1) is 11.8 Å². The summed E-state index contributed by atoms with van der Waals surface area (Å²) < 4.78 is 0. The van der Waals surface area contributed by atoms with Gasteiger partial charge >= 0.3 is 0 Å². The Balaban J connectivity index is 2.58. The molecule has 6 heteroatoms. The molecule has 1 heterocycles. The number of aliphatic hydroxyl groups is 1. The lowest BCUT2D eigenvalue weighted by Gasteiger charge is -2.13. The fourth-order valence-electron chi connectivity index (χ4n) is 1.70. The molecule has 0 aromatic carbocycles. The van der Waals surface area contributed by atoms with Crippen molar-refractivity contribution in [3.63, 3.8) is 0 Å². The maximum Gasteiger partial charge on any atom is 0.263 e. The maximum atomic E-state index is 12.0. The predicted molar refractivity (Wildman–Crippen MR) is 79.0 cm³/mol. The van der Waals surface area contributed by atoms with Crippen molar-refractivity contribution in [2.24, 2.45) is 5.92 Å². The normalized spacial score (nSPS) is 12.6. The van der Waals surface area contributed by atoms with Crippen molar-refractivity contribution in [1.29, 1.82) is 0 Å². The van der Waals surface area contributed by atoms with Crippen molar-refractivity contribution < 1.29 is 9.90 Å². The number of hydrogen-bond acceptors (Lipinski definition) is 5. The van der Waals surface area contributed by atoms with Gasteiger partial charge in [0.25, 0.3) is 5.91 Å². The van der Waals surface area contributed by atoms with Crippen LogP contribution in [-0.4, -0.2) is 42.7 Å². The molecule has 1 rings (SSSR count). The molecule has 0 aliphatic rings. The lowest BCUT2D eigenvalue weighted by atomic mass is 10.1. The van der Waals surface area contributed by atoms with Crippen LogP contribution in [-0.2, 0) is 0 Å². The summed E-state index contributed by atoms with van der Waals surface area (Å²) in [6.45, 7) is 6.19. The zero-order valence-electron chi connectivity index (χ0n) is 12.2. The van der Waals surface area contributed by atoms with Gasteiger partial charge in [-0.2, -0.15) is 0 Å². The standard InChI is InChI=1S/C13H23N3O2S/c1-8(2)6-10(17)7-14-12(18)11-9(3)15-13(19-11)16(4)5/h8,10,17H,6-7H2,1-5H3,(H,14,18). The number of thiazole rings is 1. The van der Waals surface area contributed by atoms with E-state index in [1.54, 1.807) is 0 Å². The van der Waals surface area contributed by atoms with E-state index >= 15 is 0 Å². The third-order valence-electron chi connectivity index (χ3n) is 2.62. The van der Waals surface area contributed by atoms with Crippen molar-refractivity contribution >= 4 is 22.4 Å². The lowest BCUT2D eigenvalue weighted by molar-refractivity contribution is 0.0903. The van der Waals surface area contributed by atoms with Crippen LogP contribution in [0.2, 0.25) is 0 Å². The topological polar surface area (TPSA) is 65.5 Å². The van der Waals surface area contributed by atoms with E-state index in [0.29, 0.717) is 17.2 Å². The summed E-state index contributed by atoms with van der Waals surface area (Å²) >= 11 is 1.36. The summed E-state index contributed by atoms with van der Waals surface area (Å²) in [4.78, 5) is 18.8. The second kappa shape index (κ2) is 6.86. The molecule has 0 spiro atoms. The molecule has 0 aliphatic carbocycles. The van der Waals surface area contributed by atoms with Crippen molar-refractivity contribution in [2.45, 2.75) is 33.3 Å². The first-order valence-corrected chi connectivity index (χ1v) is 7.24. The van der Waals surface area contributed by atoms with Crippen LogP contribution in [0.5, 0.6) is 0 Å². The maximum absolute atomic E-state index is 12.0. The third kappa shape index (κ3) is 4.80. The minimum atomic E-state index is -0.495. The molecule has 0 saturated heterocycles. The fourth-order valence-corrected chi connectivity index (χ4v) is 2.61. The first kappa shape index (κ1) is 15.9. The molecule has 1 amide bonds. The van der Waals surface area contributed by atoms with Gasteiger partial charge < -0.3 is 15.3 Å².